The van der Waals surface area contributed by atoms with Gasteiger partial charge in [0, 0.05) is 17.0 Å². The first-order valence-electron chi connectivity index (χ1n) is 7.28. The highest BCUT2D eigenvalue weighted by atomic mass is 35.5. The molecule has 1 aromatic heterocycles. The van der Waals surface area contributed by atoms with E-state index in [1.807, 2.05) is 0 Å². The van der Waals surface area contributed by atoms with Crippen LogP contribution in [0, 0.1) is 5.92 Å². The Morgan fingerprint density at radius 2 is 2.06 bits per heavy atom. The van der Waals surface area contributed by atoms with Gasteiger partial charge in [-0.25, -0.2) is 0 Å². The highest BCUT2D eigenvalue weighted by molar-refractivity contribution is 7.16. The van der Waals surface area contributed by atoms with Gasteiger partial charge in [0.05, 0.1) is 4.34 Å². The van der Waals surface area contributed by atoms with Crippen molar-refractivity contribution < 1.29 is 0 Å². The molecule has 2 atom stereocenters. The molecule has 0 aliphatic heterocycles. The van der Waals surface area contributed by atoms with E-state index in [0.29, 0.717) is 12.1 Å². The maximum absolute atomic E-state index is 6.12. The topological polar surface area (TPSA) is 12.0 Å². The maximum atomic E-state index is 6.12. The maximum Gasteiger partial charge on any atom is 0.0934 e. The summed E-state index contributed by atoms with van der Waals surface area (Å²) in [6.07, 6.45) is 9.60. The van der Waals surface area contributed by atoms with Crippen LogP contribution in [0.5, 0.6) is 0 Å². The molecule has 2 unspecified atom stereocenters. The van der Waals surface area contributed by atoms with Crippen LogP contribution >= 0.6 is 22.9 Å². The zero-order chi connectivity index (χ0) is 12.5. The van der Waals surface area contributed by atoms with Crippen LogP contribution in [0.25, 0.3) is 0 Å². The van der Waals surface area contributed by atoms with Crippen LogP contribution in [0.1, 0.15) is 61.9 Å². The number of thiophene rings is 1. The first kappa shape index (κ1) is 13.0. The third kappa shape index (κ3) is 2.61. The van der Waals surface area contributed by atoms with Crippen LogP contribution in [0.4, 0.5) is 0 Å². The fourth-order valence-corrected chi connectivity index (χ4v) is 4.95. The van der Waals surface area contributed by atoms with Crippen molar-refractivity contribution in [2.75, 3.05) is 0 Å². The molecule has 100 valence electrons. The molecule has 1 N–H and O–H groups in total. The van der Waals surface area contributed by atoms with Crippen molar-refractivity contribution in [3.8, 4) is 0 Å². The van der Waals surface area contributed by atoms with Gasteiger partial charge in [0.15, 0.2) is 0 Å². The predicted molar refractivity (Wildman–Crippen MR) is 79.6 cm³/mol. The van der Waals surface area contributed by atoms with Crippen molar-refractivity contribution in [2.45, 2.75) is 64.0 Å². The Labute approximate surface area is 119 Å². The van der Waals surface area contributed by atoms with Crippen LogP contribution in [-0.4, -0.2) is 6.04 Å². The highest BCUT2D eigenvalue weighted by Gasteiger charge is 2.28. The van der Waals surface area contributed by atoms with Crippen molar-refractivity contribution in [2.24, 2.45) is 5.92 Å². The van der Waals surface area contributed by atoms with E-state index >= 15 is 0 Å². The van der Waals surface area contributed by atoms with Crippen molar-refractivity contribution in [1.29, 1.82) is 0 Å². The average Bonchev–Trinajstić information content (AvgIpc) is 2.91. The molecular weight excluding hydrogens is 262 g/mol. The van der Waals surface area contributed by atoms with Crippen molar-refractivity contribution >= 4 is 22.9 Å². The summed E-state index contributed by atoms with van der Waals surface area (Å²) < 4.78 is 0.955. The van der Waals surface area contributed by atoms with E-state index in [9.17, 15) is 0 Å². The van der Waals surface area contributed by atoms with Gasteiger partial charge in [-0.3, -0.25) is 0 Å². The molecule has 2 aliphatic carbocycles. The molecule has 1 nitrogen and oxygen atoms in total. The number of rotatable bonds is 3. The lowest BCUT2D eigenvalue weighted by Crippen LogP contribution is -2.36. The predicted octanol–water partition coefficient (Wildman–Crippen LogP) is 4.95. The van der Waals surface area contributed by atoms with E-state index in [0.717, 1.165) is 10.3 Å². The van der Waals surface area contributed by atoms with Gasteiger partial charge in [-0.05, 0) is 50.2 Å². The summed E-state index contributed by atoms with van der Waals surface area (Å²) in [6.45, 7) is 2.38. The second-order valence-electron chi connectivity index (χ2n) is 5.87. The summed E-state index contributed by atoms with van der Waals surface area (Å²) in [5.74, 6) is 0.886. The Hall–Kier alpha value is -0.0500. The van der Waals surface area contributed by atoms with Crippen LogP contribution in [0.3, 0.4) is 0 Å². The molecular formula is C15H22ClNS. The summed E-state index contributed by atoms with van der Waals surface area (Å²) in [6, 6.07) is 3.39. The van der Waals surface area contributed by atoms with Crippen LogP contribution in [0.2, 0.25) is 4.34 Å². The van der Waals surface area contributed by atoms with Gasteiger partial charge in [-0.15, -0.1) is 11.3 Å². The molecule has 2 aliphatic rings. The monoisotopic (exact) mass is 283 g/mol. The third-order valence-electron chi connectivity index (χ3n) is 4.67. The summed E-state index contributed by atoms with van der Waals surface area (Å²) in [5, 5.41) is 3.87. The number of hydrogen-bond donors (Lipinski definition) is 1. The fourth-order valence-electron chi connectivity index (χ4n) is 3.59. The molecule has 0 saturated heterocycles. The summed E-state index contributed by atoms with van der Waals surface area (Å²) >= 11 is 7.89. The van der Waals surface area contributed by atoms with E-state index in [1.54, 1.807) is 11.3 Å². The lowest BCUT2D eigenvalue weighted by molar-refractivity contribution is 0.264. The van der Waals surface area contributed by atoms with Gasteiger partial charge in [0.1, 0.15) is 0 Å². The van der Waals surface area contributed by atoms with Gasteiger partial charge in [0.2, 0.25) is 0 Å². The first-order chi connectivity index (χ1) is 8.74. The number of aryl methyl sites for hydroxylation is 1. The van der Waals surface area contributed by atoms with Crippen molar-refractivity contribution in [1.82, 2.24) is 5.32 Å². The molecule has 1 heterocycles. The minimum atomic E-state index is 0.556. The first-order valence-corrected chi connectivity index (χ1v) is 8.47. The minimum absolute atomic E-state index is 0.556. The van der Waals surface area contributed by atoms with E-state index in [-0.39, 0.29) is 0 Å². The quantitative estimate of drug-likeness (QED) is 0.828. The molecule has 0 radical (unpaired) electrons. The second-order valence-corrected chi connectivity index (χ2v) is 7.64. The molecule has 0 amide bonds. The SMILES string of the molecule is CC(NC1CCc2sc(Cl)cc21)C1CCCCC1. The van der Waals surface area contributed by atoms with E-state index in [1.165, 1.54) is 55.4 Å². The van der Waals surface area contributed by atoms with Crippen LogP contribution < -0.4 is 5.32 Å². The van der Waals surface area contributed by atoms with Gasteiger partial charge >= 0.3 is 0 Å². The summed E-state index contributed by atoms with van der Waals surface area (Å²) in [4.78, 5) is 1.51. The number of hydrogen-bond acceptors (Lipinski definition) is 2. The van der Waals surface area contributed by atoms with E-state index < -0.39 is 0 Å². The standard InChI is InChI=1S/C15H22ClNS/c1-10(11-5-3-2-4-6-11)17-13-7-8-14-12(13)9-15(16)18-14/h9-11,13,17H,2-8H2,1H3. The van der Waals surface area contributed by atoms with Gasteiger partial charge in [0.25, 0.3) is 0 Å². The van der Waals surface area contributed by atoms with Gasteiger partial charge in [-0.2, -0.15) is 0 Å². The molecule has 3 heteroatoms. The Morgan fingerprint density at radius 1 is 1.28 bits per heavy atom. The Bertz CT molecular complexity index is 409. The normalized spacial score (nSPS) is 26.2. The van der Waals surface area contributed by atoms with E-state index in [4.69, 9.17) is 11.6 Å². The smallest absolute Gasteiger partial charge is 0.0934 e. The third-order valence-corrected chi connectivity index (χ3v) is 6.01. The number of nitrogens with one attached hydrogen (secondary N) is 1. The molecule has 1 aromatic rings. The molecule has 0 aromatic carbocycles. The van der Waals surface area contributed by atoms with Crippen molar-refractivity contribution in [3.05, 3.63) is 20.8 Å². The average molecular weight is 284 g/mol. The van der Waals surface area contributed by atoms with E-state index in [2.05, 4.69) is 18.3 Å². The molecule has 0 spiro atoms. The largest absolute Gasteiger partial charge is 0.307 e. The number of halogens is 1. The Balaban J connectivity index is 1.63. The summed E-state index contributed by atoms with van der Waals surface area (Å²) in [5.41, 5.74) is 1.48. The number of fused-ring (bicyclic) bond motifs is 1. The van der Waals surface area contributed by atoms with Crippen LogP contribution in [-0.2, 0) is 6.42 Å². The molecule has 18 heavy (non-hydrogen) atoms. The van der Waals surface area contributed by atoms with Gasteiger partial charge < -0.3 is 5.32 Å². The Morgan fingerprint density at radius 3 is 2.83 bits per heavy atom. The molecule has 0 bridgehead atoms. The van der Waals surface area contributed by atoms with Crippen LogP contribution in [0.15, 0.2) is 6.07 Å². The molecule has 3 rings (SSSR count). The minimum Gasteiger partial charge on any atom is -0.307 e. The highest BCUT2D eigenvalue weighted by Crippen LogP contribution is 2.40. The fraction of sp³-hybridized carbons (Fsp3) is 0.733. The lowest BCUT2D eigenvalue weighted by atomic mass is 9.84. The van der Waals surface area contributed by atoms with Crippen molar-refractivity contribution in [3.63, 3.8) is 0 Å². The summed E-state index contributed by atoms with van der Waals surface area (Å²) in [7, 11) is 0. The zero-order valence-electron chi connectivity index (χ0n) is 11.0. The lowest BCUT2D eigenvalue weighted by Gasteiger charge is -2.30. The molecule has 1 saturated carbocycles. The second kappa shape index (κ2) is 5.52. The molecule has 1 fully saturated rings. The van der Waals surface area contributed by atoms with Gasteiger partial charge in [-0.1, -0.05) is 30.9 Å². The zero-order valence-corrected chi connectivity index (χ0v) is 12.6. The Kier molecular flexibility index (Phi) is 3.97.